The van der Waals surface area contributed by atoms with Crippen LogP contribution in [0.15, 0.2) is 18.2 Å². The Morgan fingerprint density at radius 3 is 2.38 bits per heavy atom. The molecule has 0 saturated heterocycles. The molecule has 1 amide bonds. The van der Waals surface area contributed by atoms with E-state index in [4.69, 9.17) is 16.3 Å². The third-order valence-corrected chi connectivity index (χ3v) is 6.57. The van der Waals surface area contributed by atoms with Crippen LogP contribution in [0.3, 0.4) is 0 Å². The largest absolute Gasteiger partial charge is 0.495 e. The second-order valence-corrected chi connectivity index (χ2v) is 7.76. The van der Waals surface area contributed by atoms with E-state index < -0.39 is 33.7 Å². The fraction of sp³-hybridized carbons (Fsp3) is 0.500. The number of rotatable bonds is 3. The monoisotopic (exact) mass is 349 g/mol. The van der Waals surface area contributed by atoms with Crippen molar-refractivity contribution < 1.29 is 19.1 Å². The summed E-state index contributed by atoms with van der Waals surface area (Å²) in [6.45, 7) is 5.45. The number of ether oxygens (including phenoxy) is 1. The van der Waals surface area contributed by atoms with Crippen molar-refractivity contribution in [1.82, 2.24) is 0 Å². The maximum atomic E-state index is 13.1. The van der Waals surface area contributed by atoms with Crippen LogP contribution in [0.25, 0.3) is 0 Å². The van der Waals surface area contributed by atoms with Crippen LogP contribution in [-0.4, -0.2) is 24.6 Å². The fourth-order valence-electron chi connectivity index (χ4n) is 4.28. The molecule has 0 radical (unpaired) electrons. The Morgan fingerprint density at radius 1 is 1.17 bits per heavy atom. The predicted molar refractivity (Wildman–Crippen MR) is 90.2 cm³/mol. The van der Waals surface area contributed by atoms with Crippen molar-refractivity contribution in [2.24, 2.45) is 16.2 Å². The van der Waals surface area contributed by atoms with Gasteiger partial charge in [-0.25, -0.2) is 0 Å². The van der Waals surface area contributed by atoms with Crippen molar-refractivity contribution >= 4 is 34.8 Å². The first-order valence-corrected chi connectivity index (χ1v) is 8.24. The Bertz CT molecular complexity index is 772. The van der Waals surface area contributed by atoms with E-state index in [9.17, 15) is 14.4 Å². The number of carbonyl (C=O) groups is 3. The molecule has 0 unspecified atom stereocenters. The molecule has 6 heteroatoms. The first-order valence-electron chi connectivity index (χ1n) is 7.86. The molecule has 5 nitrogen and oxygen atoms in total. The number of hydrogen-bond acceptors (Lipinski definition) is 4. The lowest BCUT2D eigenvalue weighted by atomic mass is 9.64. The number of ketones is 2. The van der Waals surface area contributed by atoms with E-state index in [0.717, 1.165) is 0 Å². The Hall–Kier alpha value is -1.88. The molecule has 3 rings (SSSR count). The molecule has 0 heterocycles. The van der Waals surface area contributed by atoms with E-state index in [1.54, 1.807) is 25.1 Å². The number of hydrogen-bond donors (Lipinski definition) is 1. The molecule has 2 bridgehead atoms. The number of Topliss-reactive ketones (excluding diaryl/α,β-unsaturated/α-hetero) is 2. The SMILES string of the molecule is COc1ccc(Cl)cc1NC(=O)[C@@]12CC[C@](C)(C(=O)C1=O)C2(C)C. The van der Waals surface area contributed by atoms with Gasteiger partial charge < -0.3 is 10.1 Å². The van der Waals surface area contributed by atoms with Gasteiger partial charge in [0.25, 0.3) is 0 Å². The molecule has 1 N–H and O–H groups in total. The lowest BCUT2D eigenvalue weighted by molar-refractivity contribution is -0.147. The maximum absolute atomic E-state index is 13.1. The summed E-state index contributed by atoms with van der Waals surface area (Å²) in [5.74, 6) is -1.04. The predicted octanol–water partition coefficient (Wildman–Crippen LogP) is 3.25. The molecule has 2 fully saturated rings. The summed E-state index contributed by atoms with van der Waals surface area (Å²) >= 11 is 6.00. The minimum absolute atomic E-state index is 0.371. The van der Waals surface area contributed by atoms with Crippen LogP contribution in [0.1, 0.15) is 33.6 Å². The minimum Gasteiger partial charge on any atom is -0.495 e. The van der Waals surface area contributed by atoms with Crippen LogP contribution >= 0.6 is 11.6 Å². The topological polar surface area (TPSA) is 72.5 Å². The van der Waals surface area contributed by atoms with Gasteiger partial charge in [-0.2, -0.15) is 0 Å². The highest BCUT2D eigenvalue weighted by atomic mass is 35.5. The number of halogens is 1. The summed E-state index contributed by atoms with van der Waals surface area (Å²) in [6.07, 6.45) is 0.903. The molecule has 1 aromatic carbocycles. The van der Waals surface area contributed by atoms with Gasteiger partial charge in [-0.3, -0.25) is 14.4 Å². The van der Waals surface area contributed by atoms with Crippen LogP contribution in [0.2, 0.25) is 5.02 Å². The van der Waals surface area contributed by atoms with Crippen molar-refractivity contribution in [1.29, 1.82) is 0 Å². The molecule has 1 aromatic rings. The quantitative estimate of drug-likeness (QED) is 0.671. The normalized spacial score (nSPS) is 30.5. The van der Waals surface area contributed by atoms with Crippen LogP contribution in [-0.2, 0) is 14.4 Å². The van der Waals surface area contributed by atoms with E-state index in [2.05, 4.69) is 5.32 Å². The summed E-state index contributed by atoms with van der Waals surface area (Å²) in [4.78, 5) is 38.3. The molecular weight excluding hydrogens is 330 g/mol. The van der Waals surface area contributed by atoms with Gasteiger partial charge in [-0.05, 0) is 36.5 Å². The van der Waals surface area contributed by atoms with Crippen molar-refractivity contribution in [2.75, 3.05) is 12.4 Å². The van der Waals surface area contributed by atoms with Gasteiger partial charge in [-0.1, -0.05) is 32.4 Å². The van der Waals surface area contributed by atoms with Gasteiger partial charge in [0.05, 0.1) is 12.8 Å². The number of nitrogens with one attached hydrogen (secondary N) is 1. The summed E-state index contributed by atoms with van der Waals surface area (Å²) in [5.41, 5.74) is -2.49. The van der Waals surface area contributed by atoms with E-state index in [1.807, 2.05) is 13.8 Å². The van der Waals surface area contributed by atoms with E-state index in [0.29, 0.717) is 29.3 Å². The third kappa shape index (κ3) is 1.79. The summed E-state index contributed by atoms with van der Waals surface area (Å²) in [7, 11) is 1.48. The molecule has 0 aromatic heterocycles. The van der Waals surface area contributed by atoms with Crippen LogP contribution in [0, 0.1) is 16.2 Å². The first-order chi connectivity index (χ1) is 11.1. The van der Waals surface area contributed by atoms with E-state index >= 15 is 0 Å². The Morgan fingerprint density at radius 2 is 1.83 bits per heavy atom. The van der Waals surface area contributed by atoms with Gasteiger partial charge in [0.1, 0.15) is 11.2 Å². The summed E-state index contributed by atoms with van der Waals surface area (Å²) in [5, 5.41) is 3.20. The molecule has 24 heavy (non-hydrogen) atoms. The number of anilines is 1. The van der Waals surface area contributed by atoms with Crippen molar-refractivity contribution in [3.8, 4) is 5.75 Å². The van der Waals surface area contributed by atoms with Crippen molar-refractivity contribution in [3.63, 3.8) is 0 Å². The molecule has 0 spiro atoms. The summed E-state index contributed by atoms with van der Waals surface area (Å²) in [6, 6.07) is 4.85. The fourth-order valence-corrected chi connectivity index (χ4v) is 4.45. The highest BCUT2D eigenvalue weighted by Crippen LogP contribution is 2.69. The average molecular weight is 350 g/mol. The highest BCUT2D eigenvalue weighted by Gasteiger charge is 2.77. The highest BCUT2D eigenvalue weighted by molar-refractivity contribution is 6.49. The molecular formula is C18H20ClNO4. The molecule has 2 saturated carbocycles. The Kier molecular flexibility index (Phi) is 3.57. The van der Waals surface area contributed by atoms with Gasteiger partial charge in [0.2, 0.25) is 17.5 Å². The van der Waals surface area contributed by atoms with Gasteiger partial charge >= 0.3 is 0 Å². The minimum atomic E-state index is -1.34. The molecule has 2 aliphatic rings. The Labute approximate surface area is 145 Å². The zero-order valence-electron chi connectivity index (χ0n) is 14.2. The zero-order chi connectivity index (χ0) is 17.9. The molecule has 2 atom stereocenters. The molecule has 0 aliphatic heterocycles. The molecule has 128 valence electrons. The van der Waals surface area contributed by atoms with Crippen LogP contribution in [0.5, 0.6) is 5.75 Å². The van der Waals surface area contributed by atoms with Gasteiger partial charge in [0, 0.05) is 10.4 Å². The standard InChI is InChI=1S/C18H20ClNO4/c1-16(2)17(3)7-8-18(16,14(22)13(17)21)15(23)20-11-9-10(19)5-6-12(11)24-4/h5-6,9H,7-8H2,1-4H3,(H,20,23)/t17-,18-/m1/s1. The van der Waals surface area contributed by atoms with Gasteiger partial charge in [0.15, 0.2) is 0 Å². The van der Waals surface area contributed by atoms with Crippen LogP contribution in [0.4, 0.5) is 5.69 Å². The lowest BCUT2D eigenvalue weighted by Gasteiger charge is -2.37. The number of methoxy groups -OCH3 is 1. The third-order valence-electron chi connectivity index (χ3n) is 6.34. The lowest BCUT2D eigenvalue weighted by Crippen LogP contribution is -2.47. The molecule has 2 aliphatic carbocycles. The first kappa shape index (κ1) is 17.0. The summed E-state index contributed by atoms with van der Waals surface area (Å²) < 4.78 is 5.24. The van der Waals surface area contributed by atoms with E-state index in [1.165, 1.54) is 7.11 Å². The number of amides is 1. The van der Waals surface area contributed by atoms with Gasteiger partial charge in [-0.15, -0.1) is 0 Å². The second kappa shape index (κ2) is 5.06. The van der Waals surface area contributed by atoms with Crippen molar-refractivity contribution in [3.05, 3.63) is 23.2 Å². The average Bonchev–Trinajstić information content (AvgIpc) is 2.79. The maximum Gasteiger partial charge on any atom is 0.239 e. The smallest absolute Gasteiger partial charge is 0.239 e. The Balaban J connectivity index is 2.03. The number of benzene rings is 1. The van der Waals surface area contributed by atoms with Crippen LogP contribution < -0.4 is 10.1 Å². The zero-order valence-corrected chi connectivity index (χ0v) is 14.9. The second-order valence-electron chi connectivity index (χ2n) is 7.32. The number of fused-ring (bicyclic) bond motifs is 2. The number of carbonyl (C=O) groups excluding carboxylic acids is 3. The van der Waals surface area contributed by atoms with E-state index in [-0.39, 0.29) is 0 Å². The van der Waals surface area contributed by atoms with Crippen molar-refractivity contribution in [2.45, 2.75) is 33.6 Å².